The number of hydrogen-bond acceptors (Lipinski definition) is 3. The molecule has 1 aliphatic rings. The summed E-state index contributed by atoms with van der Waals surface area (Å²) in [6.07, 6.45) is 0.156. The van der Waals surface area contributed by atoms with Gasteiger partial charge in [-0.3, -0.25) is 9.59 Å². The Hall–Kier alpha value is -2.82. The van der Waals surface area contributed by atoms with Gasteiger partial charge >= 0.3 is 0 Å². The molecule has 1 aliphatic heterocycles. The van der Waals surface area contributed by atoms with Crippen molar-refractivity contribution in [3.8, 4) is 5.75 Å². The molecule has 0 radical (unpaired) electrons. The van der Waals surface area contributed by atoms with Gasteiger partial charge in [0.15, 0.2) is 6.10 Å². The Kier molecular flexibility index (Phi) is 4.51. The normalized spacial score (nSPS) is 16.1. The van der Waals surface area contributed by atoms with Crippen LogP contribution in [-0.4, -0.2) is 24.5 Å². The van der Waals surface area contributed by atoms with Crippen molar-refractivity contribution < 1.29 is 14.3 Å². The molecule has 0 saturated heterocycles. The van der Waals surface area contributed by atoms with E-state index in [9.17, 15) is 9.59 Å². The second-order valence-corrected chi connectivity index (χ2v) is 5.75. The summed E-state index contributed by atoms with van der Waals surface area (Å²) >= 11 is 0. The number of nitrogens with one attached hydrogen (secondary N) is 1. The molecule has 2 aromatic rings. The van der Waals surface area contributed by atoms with Crippen LogP contribution < -0.4 is 15.0 Å². The van der Waals surface area contributed by atoms with Crippen LogP contribution in [0.4, 0.5) is 11.4 Å². The number of rotatable bonds is 3. The molecule has 0 aliphatic carbocycles. The summed E-state index contributed by atoms with van der Waals surface area (Å²) in [5, 5.41) is 2.87. The van der Waals surface area contributed by atoms with E-state index in [-0.39, 0.29) is 18.4 Å². The number of fused-ring (bicyclic) bond motifs is 1. The third-order valence-electron chi connectivity index (χ3n) is 4.05. The number of para-hydroxylation sites is 2. The molecule has 2 amide bonds. The molecule has 1 unspecified atom stereocenters. The quantitative estimate of drug-likeness (QED) is 0.944. The highest BCUT2D eigenvalue weighted by Gasteiger charge is 2.32. The average Bonchev–Trinajstić information content (AvgIpc) is 2.60. The summed E-state index contributed by atoms with van der Waals surface area (Å²) in [7, 11) is 0. The molecule has 0 fully saturated rings. The SMILES string of the molecule is CCc1cccc(NC(=O)C2CN(C(C)=O)c3ccccc3O2)c1. The molecular weight excluding hydrogens is 304 g/mol. The fourth-order valence-corrected chi connectivity index (χ4v) is 2.76. The number of ether oxygens (including phenoxy) is 1. The summed E-state index contributed by atoms with van der Waals surface area (Å²) in [4.78, 5) is 26.1. The molecule has 5 nitrogen and oxygen atoms in total. The molecule has 124 valence electrons. The number of carbonyl (C=O) groups excluding carboxylic acids is 2. The van der Waals surface area contributed by atoms with Crippen molar-refractivity contribution in [3.05, 3.63) is 54.1 Å². The molecule has 1 N–H and O–H groups in total. The highest BCUT2D eigenvalue weighted by Crippen LogP contribution is 2.33. The maximum atomic E-state index is 12.6. The fraction of sp³-hybridized carbons (Fsp3) is 0.263. The van der Waals surface area contributed by atoms with Gasteiger partial charge in [0, 0.05) is 12.6 Å². The molecule has 0 saturated carbocycles. The summed E-state index contributed by atoms with van der Waals surface area (Å²) in [5.74, 6) is 0.168. The van der Waals surface area contributed by atoms with E-state index in [1.54, 1.807) is 11.0 Å². The smallest absolute Gasteiger partial charge is 0.267 e. The van der Waals surface area contributed by atoms with Crippen molar-refractivity contribution in [3.63, 3.8) is 0 Å². The van der Waals surface area contributed by atoms with E-state index in [2.05, 4.69) is 12.2 Å². The van der Waals surface area contributed by atoms with Crippen LogP contribution in [0.1, 0.15) is 19.4 Å². The van der Waals surface area contributed by atoms with Gasteiger partial charge in [0.1, 0.15) is 5.75 Å². The molecule has 0 spiro atoms. The predicted octanol–water partition coefficient (Wildman–Crippen LogP) is 3.00. The first-order valence-corrected chi connectivity index (χ1v) is 8.02. The summed E-state index contributed by atoms with van der Waals surface area (Å²) < 4.78 is 5.80. The van der Waals surface area contributed by atoms with Crippen LogP contribution >= 0.6 is 0 Å². The lowest BCUT2D eigenvalue weighted by Gasteiger charge is -2.33. The number of benzene rings is 2. The number of anilines is 2. The predicted molar refractivity (Wildman–Crippen MR) is 93.3 cm³/mol. The van der Waals surface area contributed by atoms with E-state index >= 15 is 0 Å². The molecular formula is C19H20N2O3. The Morgan fingerprint density at radius 3 is 2.75 bits per heavy atom. The number of carbonyl (C=O) groups is 2. The van der Waals surface area contributed by atoms with Crippen molar-refractivity contribution in [1.82, 2.24) is 0 Å². The first-order valence-electron chi connectivity index (χ1n) is 8.02. The highest BCUT2D eigenvalue weighted by molar-refractivity contribution is 5.99. The minimum absolute atomic E-state index is 0.114. The van der Waals surface area contributed by atoms with Gasteiger partial charge in [0.25, 0.3) is 5.91 Å². The Morgan fingerprint density at radius 2 is 2.00 bits per heavy atom. The second kappa shape index (κ2) is 6.74. The van der Waals surface area contributed by atoms with Crippen molar-refractivity contribution in [2.24, 2.45) is 0 Å². The van der Waals surface area contributed by atoms with Crippen molar-refractivity contribution in [1.29, 1.82) is 0 Å². The van der Waals surface area contributed by atoms with Crippen LogP contribution in [-0.2, 0) is 16.0 Å². The van der Waals surface area contributed by atoms with E-state index in [1.165, 1.54) is 6.92 Å². The Morgan fingerprint density at radius 1 is 1.21 bits per heavy atom. The lowest BCUT2D eigenvalue weighted by atomic mass is 10.1. The van der Waals surface area contributed by atoms with Crippen LogP contribution in [0.15, 0.2) is 48.5 Å². The molecule has 1 heterocycles. The third kappa shape index (κ3) is 3.25. The summed E-state index contributed by atoms with van der Waals surface area (Å²) in [5.41, 5.74) is 2.58. The van der Waals surface area contributed by atoms with Gasteiger partial charge in [0.2, 0.25) is 5.91 Å². The second-order valence-electron chi connectivity index (χ2n) is 5.75. The molecule has 0 aromatic heterocycles. The number of aryl methyl sites for hydroxylation is 1. The minimum atomic E-state index is -0.742. The van der Waals surface area contributed by atoms with Crippen LogP contribution in [0.2, 0.25) is 0 Å². The summed E-state index contributed by atoms with van der Waals surface area (Å²) in [6, 6.07) is 15.0. The van der Waals surface area contributed by atoms with Crippen molar-refractivity contribution in [2.45, 2.75) is 26.4 Å². The molecule has 3 rings (SSSR count). The number of amides is 2. The van der Waals surface area contributed by atoms with Gasteiger partial charge < -0.3 is 15.0 Å². The van der Waals surface area contributed by atoms with E-state index in [0.29, 0.717) is 11.4 Å². The molecule has 1 atom stereocenters. The van der Waals surface area contributed by atoms with Gasteiger partial charge in [-0.2, -0.15) is 0 Å². The largest absolute Gasteiger partial charge is 0.476 e. The van der Waals surface area contributed by atoms with Gasteiger partial charge in [0.05, 0.1) is 12.2 Å². The molecule has 24 heavy (non-hydrogen) atoms. The first kappa shape index (κ1) is 16.1. The van der Waals surface area contributed by atoms with Crippen molar-refractivity contribution in [2.75, 3.05) is 16.8 Å². The maximum Gasteiger partial charge on any atom is 0.267 e. The van der Waals surface area contributed by atoms with Crippen LogP contribution in [0.25, 0.3) is 0 Å². The lowest BCUT2D eigenvalue weighted by molar-refractivity contribution is -0.123. The lowest BCUT2D eigenvalue weighted by Crippen LogP contribution is -2.48. The minimum Gasteiger partial charge on any atom is -0.476 e. The molecule has 0 bridgehead atoms. The van der Waals surface area contributed by atoms with E-state index < -0.39 is 6.10 Å². The molecule has 5 heteroatoms. The Balaban J connectivity index is 1.79. The Labute approximate surface area is 141 Å². The zero-order valence-electron chi connectivity index (χ0n) is 13.8. The van der Waals surface area contributed by atoms with Crippen LogP contribution in [0.3, 0.4) is 0 Å². The monoisotopic (exact) mass is 324 g/mol. The number of nitrogens with zero attached hydrogens (tertiary/aromatic N) is 1. The number of hydrogen-bond donors (Lipinski definition) is 1. The third-order valence-corrected chi connectivity index (χ3v) is 4.05. The average molecular weight is 324 g/mol. The first-order chi connectivity index (χ1) is 11.6. The van der Waals surface area contributed by atoms with Gasteiger partial charge in [-0.15, -0.1) is 0 Å². The van der Waals surface area contributed by atoms with E-state index in [1.807, 2.05) is 42.5 Å². The fourth-order valence-electron chi connectivity index (χ4n) is 2.76. The summed E-state index contributed by atoms with van der Waals surface area (Å²) in [6.45, 7) is 3.75. The zero-order valence-corrected chi connectivity index (χ0v) is 13.8. The van der Waals surface area contributed by atoms with E-state index in [0.717, 1.165) is 17.7 Å². The van der Waals surface area contributed by atoms with Crippen molar-refractivity contribution >= 4 is 23.2 Å². The van der Waals surface area contributed by atoms with E-state index in [4.69, 9.17) is 4.74 Å². The zero-order chi connectivity index (χ0) is 17.1. The van der Waals surface area contributed by atoms with Gasteiger partial charge in [-0.25, -0.2) is 0 Å². The molecule has 2 aromatic carbocycles. The topological polar surface area (TPSA) is 58.6 Å². The Bertz CT molecular complexity index is 773. The van der Waals surface area contributed by atoms with Crippen LogP contribution in [0.5, 0.6) is 5.75 Å². The highest BCUT2D eigenvalue weighted by atomic mass is 16.5. The maximum absolute atomic E-state index is 12.6. The van der Waals surface area contributed by atoms with Gasteiger partial charge in [-0.05, 0) is 36.2 Å². The van der Waals surface area contributed by atoms with Gasteiger partial charge in [-0.1, -0.05) is 31.2 Å². The van der Waals surface area contributed by atoms with Crippen LogP contribution in [0, 0.1) is 0 Å². The standard InChI is InChI=1S/C19H20N2O3/c1-3-14-7-6-8-15(11-14)20-19(23)18-12-21(13(2)22)16-9-4-5-10-17(16)24-18/h4-11,18H,3,12H2,1-2H3,(H,20,23).